The first-order valence-electron chi connectivity index (χ1n) is 5.04. The van der Waals surface area contributed by atoms with Crippen LogP contribution in [0.2, 0.25) is 0 Å². The third-order valence-electron chi connectivity index (χ3n) is 2.64. The highest BCUT2D eigenvalue weighted by Crippen LogP contribution is 2.20. The normalized spacial score (nSPS) is 17.9. The van der Waals surface area contributed by atoms with Crippen LogP contribution in [-0.2, 0) is 0 Å². The summed E-state index contributed by atoms with van der Waals surface area (Å²) in [5, 5.41) is 16.9. The molecule has 0 unspecified atom stereocenters. The molecule has 0 radical (unpaired) electrons. The topological polar surface area (TPSA) is 94.8 Å². The predicted octanol–water partition coefficient (Wildman–Crippen LogP) is 0.634. The molecule has 0 aromatic carbocycles. The van der Waals surface area contributed by atoms with Gasteiger partial charge in [0.15, 0.2) is 0 Å². The van der Waals surface area contributed by atoms with Gasteiger partial charge in [-0.15, -0.1) is 6.58 Å². The molecule has 0 fully saturated rings. The Bertz CT molecular complexity index is 277. The third kappa shape index (κ3) is 3.58. The van der Waals surface area contributed by atoms with Gasteiger partial charge in [0.05, 0.1) is 12.1 Å². The number of nitrogens with one attached hydrogen (secondary N) is 1. The fourth-order valence-electron chi connectivity index (χ4n) is 1.59. The van der Waals surface area contributed by atoms with Crippen molar-refractivity contribution in [3.8, 4) is 0 Å². The Hall–Kier alpha value is -1.49. The lowest BCUT2D eigenvalue weighted by molar-refractivity contribution is 0.170. The summed E-state index contributed by atoms with van der Waals surface area (Å²) >= 11 is 0. The second-order valence-electron chi connectivity index (χ2n) is 3.71. The number of amidine groups is 1. The number of hydrogen-bond donors (Lipinski definition) is 3. The average molecular weight is 224 g/mol. The summed E-state index contributed by atoms with van der Waals surface area (Å²) in [6.07, 6.45) is 1.25. The fraction of sp³-hybridized carbons (Fsp3) is 0.545. The van der Waals surface area contributed by atoms with Gasteiger partial charge in [-0.25, -0.2) is 0 Å². The smallest absolute Gasteiger partial charge is 0.133 e. The minimum atomic E-state index is -1.12. The SMILES string of the molecule is C=CC[C@H](N=C)[C@@H](C)[C@H](N=C)[C@H](O)C(=N)N. The maximum Gasteiger partial charge on any atom is 0.133 e. The summed E-state index contributed by atoms with van der Waals surface area (Å²) in [5.74, 6) is -0.419. The lowest BCUT2D eigenvalue weighted by Crippen LogP contribution is -2.43. The molecule has 0 heterocycles. The quantitative estimate of drug-likeness (QED) is 0.320. The zero-order valence-electron chi connectivity index (χ0n) is 9.63. The summed E-state index contributed by atoms with van der Waals surface area (Å²) in [5.41, 5.74) is 5.24. The zero-order chi connectivity index (χ0) is 12.7. The Morgan fingerprint density at radius 2 is 2.06 bits per heavy atom. The van der Waals surface area contributed by atoms with E-state index in [9.17, 15) is 5.11 Å². The Morgan fingerprint density at radius 3 is 2.38 bits per heavy atom. The van der Waals surface area contributed by atoms with E-state index in [0.29, 0.717) is 6.42 Å². The van der Waals surface area contributed by atoms with Crippen LogP contribution in [0.1, 0.15) is 13.3 Å². The first-order chi connectivity index (χ1) is 7.49. The van der Waals surface area contributed by atoms with E-state index in [1.165, 1.54) is 0 Å². The molecule has 0 aliphatic carbocycles. The Morgan fingerprint density at radius 1 is 1.50 bits per heavy atom. The van der Waals surface area contributed by atoms with Gasteiger partial charge >= 0.3 is 0 Å². The van der Waals surface area contributed by atoms with Gasteiger partial charge in [-0.05, 0) is 19.9 Å². The van der Waals surface area contributed by atoms with E-state index in [2.05, 4.69) is 30.0 Å². The van der Waals surface area contributed by atoms with Gasteiger partial charge in [0.2, 0.25) is 0 Å². The van der Waals surface area contributed by atoms with Gasteiger partial charge in [0.25, 0.3) is 0 Å². The van der Waals surface area contributed by atoms with E-state index < -0.39 is 12.1 Å². The highest BCUT2D eigenvalue weighted by atomic mass is 16.3. The molecule has 0 aliphatic rings. The van der Waals surface area contributed by atoms with Crippen molar-refractivity contribution in [1.82, 2.24) is 0 Å². The Kier molecular flexibility index (Phi) is 6.25. The number of aliphatic hydroxyl groups is 1. The van der Waals surface area contributed by atoms with E-state index in [4.69, 9.17) is 11.1 Å². The van der Waals surface area contributed by atoms with Crippen LogP contribution in [0.3, 0.4) is 0 Å². The minimum Gasteiger partial charge on any atom is -0.385 e. The first kappa shape index (κ1) is 14.5. The maximum absolute atomic E-state index is 9.70. The van der Waals surface area contributed by atoms with Crippen LogP contribution in [0.25, 0.3) is 0 Å². The van der Waals surface area contributed by atoms with E-state index in [-0.39, 0.29) is 17.8 Å². The number of rotatable bonds is 8. The molecular formula is C11H20N4O. The minimum absolute atomic E-state index is 0.105. The number of aliphatic imine (C=N–C) groups is 2. The average Bonchev–Trinajstić information content (AvgIpc) is 2.26. The molecular weight excluding hydrogens is 204 g/mol. The molecule has 0 aliphatic heterocycles. The van der Waals surface area contributed by atoms with Crippen molar-refractivity contribution in [1.29, 1.82) is 5.41 Å². The number of nitrogens with two attached hydrogens (primary N) is 1. The van der Waals surface area contributed by atoms with Crippen molar-refractivity contribution in [3.63, 3.8) is 0 Å². The van der Waals surface area contributed by atoms with Crippen molar-refractivity contribution in [3.05, 3.63) is 12.7 Å². The molecule has 0 amide bonds. The fourth-order valence-corrected chi connectivity index (χ4v) is 1.59. The molecule has 0 saturated heterocycles. The highest BCUT2D eigenvalue weighted by molar-refractivity contribution is 5.82. The van der Waals surface area contributed by atoms with Gasteiger partial charge < -0.3 is 10.8 Å². The van der Waals surface area contributed by atoms with Crippen molar-refractivity contribution in [2.24, 2.45) is 21.6 Å². The highest BCUT2D eigenvalue weighted by Gasteiger charge is 2.30. The van der Waals surface area contributed by atoms with Gasteiger partial charge in [0, 0.05) is 5.92 Å². The molecule has 0 aromatic rings. The van der Waals surface area contributed by atoms with Crippen LogP contribution in [-0.4, -0.2) is 42.6 Å². The van der Waals surface area contributed by atoms with Gasteiger partial charge in [-0.2, -0.15) is 0 Å². The van der Waals surface area contributed by atoms with Crippen LogP contribution in [0.4, 0.5) is 0 Å². The zero-order valence-corrected chi connectivity index (χ0v) is 9.63. The van der Waals surface area contributed by atoms with Crippen molar-refractivity contribution in [2.45, 2.75) is 31.5 Å². The monoisotopic (exact) mass is 224 g/mol. The van der Waals surface area contributed by atoms with Crippen LogP contribution >= 0.6 is 0 Å². The Balaban J connectivity index is 4.80. The number of aliphatic hydroxyl groups excluding tert-OH is 1. The first-order valence-corrected chi connectivity index (χ1v) is 5.04. The maximum atomic E-state index is 9.70. The van der Waals surface area contributed by atoms with Crippen molar-refractivity contribution >= 4 is 19.3 Å². The molecule has 5 heteroatoms. The van der Waals surface area contributed by atoms with Gasteiger partial charge in [-0.3, -0.25) is 15.4 Å². The van der Waals surface area contributed by atoms with E-state index in [1.54, 1.807) is 6.08 Å². The van der Waals surface area contributed by atoms with Gasteiger partial charge in [-0.1, -0.05) is 13.0 Å². The van der Waals surface area contributed by atoms with Crippen LogP contribution in [0, 0.1) is 11.3 Å². The van der Waals surface area contributed by atoms with E-state index in [0.717, 1.165) is 0 Å². The van der Waals surface area contributed by atoms with E-state index >= 15 is 0 Å². The van der Waals surface area contributed by atoms with Crippen LogP contribution in [0.5, 0.6) is 0 Å². The molecule has 0 bridgehead atoms. The number of nitrogens with zero attached hydrogens (tertiary/aromatic N) is 2. The number of hydrogen-bond acceptors (Lipinski definition) is 4. The molecule has 0 saturated carbocycles. The molecule has 4 atom stereocenters. The van der Waals surface area contributed by atoms with Gasteiger partial charge in [0.1, 0.15) is 11.9 Å². The second kappa shape index (κ2) is 6.90. The summed E-state index contributed by atoms with van der Waals surface area (Å²) < 4.78 is 0. The second-order valence-corrected chi connectivity index (χ2v) is 3.71. The van der Waals surface area contributed by atoms with Crippen LogP contribution < -0.4 is 5.73 Å². The summed E-state index contributed by atoms with van der Waals surface area (Å²) in [6.45, 7) is 12.4. The van der Waals surface area contributed by atoms with Crippen molar-refractivity contribution < 1.29 is 5.11 Å². The summed E-state index contributed by atoms with van der Waals surface area (Å²) in [6, 6.07) is -0.657. The molecule has 16 heavy (non-hydrogen) atoms. The van der Waals surface area contributed by atoms with Crippen molar-refractivity contribution in [2.75, 3.05) is 0 Å². The lowest BCUT2D eigenvalue weighted by atomic mass is 9.88. The molecule has 0 aromatic heterocycles. The molecule has 0 spiro atoms. The lowest BCUT2D eigenvalue weighted by Gasteiger charge is -2.28. The summed E-state index contributed by atoms with van der Waals surface area (Å²) in [7, 11) is 0. The largest absolute Gasteiger partial charge is 0.385 e. The predicted molar refractivity (Wildman–Crippen MR) is 68.6 cm³/mol. The van der Waals surface area contributed by atoms with Crippen LogP contribution in [0.15, 0.2) is 22.6 Å². The molecule has 0 rings (SSSR count). The standard InChI is InChI=1S/C11H20N4O/c1-5-6-8(14-3)7(2)9(15-4)10(16)11(12)13/h5,7-10,16H,1,3-4,6H2,2H3,(H3,12,13)/t7-,8+,9+,10+/m1/s1. The molecule has 4 N–H and O–H groups in total. The summed E-state index contributed by atoms with van der Waals surface area (Å²) in [4.78, 5) is 7.77. The molecule has 5 nitrogen and oxygen atoms in total. The molecule has 90 valence electrons. The third-order valence-corrected chi connectivity index (χ3v) is 2.64. The Labute approximate surface area is 96.3 Å². The van der Waals surface area contributed by atoms with E-state index in [1.807, 2.05) is 6.92 Å².